The van der Waals surface area contributed by atoms with Gasteiger partial charge in [-0.1, -0.05) is 170 Å². The van der Waals surface area contributed by atoms with Gasteiger partial charge in [0.2, 0.25) is 0 Å². The summed E-state index contributed by atoms with van der Waals surface area (Å²) in [6.45, 7) is 3.53. The van der Waals surface area contributed by atoms with Gasteiger partial charge in [-0.2, -0.15) is 0 Å². The number of esters is 2. The fourth-order valence-corrected chi connectivity index (χ4v) is 6.72. The number of carbonyl (C=O) groups is 2. The Balaban J connectivity index is 4.02. The van der Waals surface area contributed by atoms with Crippen LogP contribution in [0.5, 0.6) is 0 Å². The lowest BCUT2D eigenvalue weighted by molar-refractivity contribution is -0.161. The fourth-order valence-electron chi connectivity index (χ4n) is 5.96. The molecule has 2 unspecified atom stereocenters. The van der Waals surface area contributed by atoms with Crippen molar-refractivity contribution in [1.82, 2.24) is 0 Å². The summed E-state index contributed by atoms with van der Waals surface area (Å²) in [4.78, 5) is 34.8. The van der Waals surface area contributed by atoms with Gasteiger partial charge in [-0.05, 0) is 77.0 Å². The van der Waals surface area contributed by atoms with Crippen molar-refractivity contribution in [2.75, 3.05) is 26.4 Å². The number of carbonyl (C=O) groups excluding carboxylic acids is 2. The van der Waals surface area contributed by atoms with Crippen molar-refractivity contribution in [2.24, 2.45) is 5.73 Å². The van der Waals surface area contributed by atoms with E-state index in [4.69, 9.17) is 24.3 Å². The van der Waals surface area contributed by atoms with Crippen molar-refractivity contribution < 1.29 is 37.6 Å². The van der Waals surface area contributed by atoms with Crippen molar-refractivity contribution in [1.29, 1.82) is 0 Å². The summed E-state index contributed by atoms with van der Waals surface area (Å²) in [6, 6.07) is 0. The van der Waals surface area contributed by atoms with Gasteiger partial charge in [0, 0.05) is 19.4 Å². The summed E-state index contributed by atoms with van der Waals surface area (Å²) in [6.07, 6.45) is 53.8. The van der Waals surface area contributed by atoms with Gasteiger partial charge in [0.05, 0.1) is 13.2 Å². The molecule has 334 valence electrons. The normalized spacial score (nSPS) is 13.9. The van der Waals surface area contributed by atoms with E-state index in [1.807, 2.05) is 0 Å². The Morgan fingerprint density at radius 2 is 0.948 bits per heavy atom. The molecule has 0 heterocycles. The second-order valence-electron chi connectivity index (χ2n) is 14.9. The van der Waals surface area contributed by atoms with Crippen LogP contribution in [0.3, 0.4) is 0 Å². The summed E-state index contributed by atoms with van der Waals surface area (Å²) >= 11 is 0. The molecule has 0 spiro atoms. The molecule has 0 aromatic rings. The van der Waals surface area contributed by atoms with Gasteiger partial charge in [0.25, 0.3) is 0 Å². The molecule has 0 aromatic carbocycles. The zero-order chi connectivity index (χ0) is 42.5. The monoisotopic (exact) mass is 834 g/mol. The average Bonchev–Trinajstić information content (AvgIpc) is 3.21. The highest BCUT2D eigenvalue weighted by molar-refractivity contribution is 7.47. The van der Waals surface area contributed by atoms with E-state index in [1.165, 1.54) is 51.4 Å². The zero-order valence-electron chi connectivity index (χ0n) is 36.8. The Hall–Kier alpha value is -2.55. The van der Waals surface area contributed by atoms with E-state index in [9.17, 15) is 19.0 Å². The smallest absolute Gasteiger partial charge is 0.462 e. The minimum absolute atomic E-state index is 0.0490. The third-order valence-corrected chi connectivity index (χ3v) is 10.3. The zero-order valence-corrected chi connectivity index (χ0v) is 37.6. The largest absolute Gasteiger partial charge is 0.472 e. The summed E-state index contributed by atoms with van der Waals surface area (Å²) in [5.41, 5.74) is 5.34. The number of rotatable bonds is 42. The molecule has 0 aliphatic carbocycles. The molecule has 0 aliphatic rings. The topological polar surface area (TPSA) is 134 Å². The number of ether oxygens (including phenoxy) is 2. The van der Waals surface area contributed by atoms with Crippen LogP contribution in [0, 0.1) is 0 Å². The molecule has 0 bridgehead atoms. The number of phosphoric acid groups is 1. The lowest BCUT2D eigenvalue weighted by Crippen LogP contribution is -2.29. The second-order valence-corrected chi connectivity index (χ2v) is 16.3. The molecule has 0 aromatic heterocycles. The maximum absolute atomic E-state index is 12.6. The lowest BCUT2D eigenvalue weighted by atomic mass is 10.0. The number of hydrogen-bond donors (Lipinski definition) is 2. The molecule has 2 atom stereocenters. The Morgan fingerprint density at radius 3 is 1.43 bits per heavy atom. The van der Waals surface area contributed by atoms with Gasteiger partial charge < -0.3 is 20.1 Å². The molecule has 9 nitrogen and oxygen atoms in total. The molecule has 0 fully saturated rings. The van der Waals surface area contributed by atoms with E-state index < -0.39 is 32.5 Å². The minimum atomic E-state index is -4.38. The summed E-state index contributed by atoms with van der Waals surface area (Å²) in [5.74, 6) is -0.849. The van der Waals surface area contributed by atoms with E-state index >= 15 is 0 Å². The van der Waals surface area contributed by atoms with Crippen LogP contribution >= 0.6 is 7.82 Å². The SMILES string of the molecule is CC/C=C\C/C=C\C/C=C\C/C=C\C/C=C\CCCCCCCCCCCCCC(=O)OC(COC(=O)CCCCCCC/C=C\CCC)COP(=O)(O)OCCN. The van der Waals surface area contributed by atoms with Crippen LogP contribution in [0.2, 0.25) is 0 Å². The summed E-state index contributed by atoms with van der Waals surface area (Å²) < 4.78 is 32.7. The highest BCUT2D eigenvalue weighted by atomic mass is 31.2. The summed E-state index contributed by atoms with van der Waals surface area (Å²) in [5, 5.41) is 0. The van der Waals surface area contributed by atoms with Crippen LogP contribution in [-0.4, -0.2) is 49.3 Å². The lowest BCUT2D eigenvalue weighted by Gasteiger charge is -2.19. The Labute approximate surface area is 354 Å². The fraction of sp³-hybridized carbons (Fsp3) is 0.708. The first-order chi connectivity index (χ1) is 28.3. The molecule has 0 saturated carbocycles. The number of unbranched alkanes of at least 4 members (excludes halogenated alkanes) is 17. The molecular weight excluding hydrogens is 750 g/mol. The molecule has 0 radical (unpaired) electrons. The van der Waals surface area contributed by atoms with Crippen LogP contribution in [0.15, 0.2) is 72.9 Å². The predicted molar refractivity (Wildman–Crippen MR) is 242 cm³/mol. The standard InChI is InChI=1S/C48H84NO8P/c1-3-5-7-9-11-13-15-16-17-18-19-20-21-22-23-24-25-26-27-28-29-30-31-33-35-37-39-41-48(51)57-46(45-56-58(52,53)55-43-42-49)44-54-47(50)40-38-36-34-32-14-12-10-8-6-4-2/h5,7-8,10-11,13,16-17,19-20,22-23,46H,3-4,6,9,12,14-15,18,21,24-45,49H2,1-2H3,(H,52,53)/b7-5-,10-8-,13-11-,17-16-,20-19-,23-22-. The number of nitrogens with two attached hydrogens (primary N) is 1. The Kier molecular flexibility index (Phi) is 42.1. The molecule has 0 rings (SSSR count). The third kappa shape index (κ3) is 43.0. The first kappa shape index (κ1) is 55.5. The maximum Gasteiger partial charge on any atom is 0.472 e. The van der Waals surface area contributed by atoms with Gasteiger partial charge in [0.1, 0.15) is 6.61 Å². The Bertz CT molecular complexity index is 1180. The van der Waals surface area contributed by atoms with Crippen molar-refractivity contribution in [2.45, 2.75) is 193 Å². The van der Waals surface area contributed by atoms with Gasteiger partial charge in [-0.25, -0.2) is 4.57 Å². The first-order valence-corrected chi connectivity index (χ1v) is 24.4. The summed E-state index contributed by atoms with van der Waals surface area (Å²) in [7, 11) is -4.38. The van der Waals surface area contributed by atoms with Crippen LogP contribution in [-0.2, 0) is 32.7 Å². The van der Waals surface area contributed by atoms with Gasteiger partial charge in [0.15, 0.2) is 6.10 Å². The van der Waals surface area contributed by atoms with Gasteiger partial charge in [-0.3, -0.25) is 18.6 Å². The molecule has 0 amide bonds. The van der Waals surface area contributed by atoms with Crippen LogP contribution in [0.4, 0.5) is 0 Å². The number of allylic oxidation sites excluding steroid dienone is 12. The van der Waals surface area contributed by atoms with Gasteiger partial charge >= 0.3 is 19.8 Å². The molecule has 3 N–H and O–H groups in total. The molecule has 10 heteroatoms. The minimum Gasteiger partial charge on any atom is -0.462 e. The van der Waals surface area contributed by atoms with E-state index in [0.29, 0.717) is 6.42 Å². The van der Waals surface area contributed by atoms with E-state index in [0.717, 1.165) is 103 Å². The molecule has 58 heavy (non-hydrogen) atoms. The molecule has 0 aliphatic heterocycles. The van der Waals surface area contributed by atoms with Crippen LogP contribution in [0.1, 0.15) is 187 Å². The highest BCUT2D eigenvalue weighted by Crippen LogP contribution is 2.43. The van der Waals surface area contributed by atoms with E-state index in [1.54, 1.807) is 0 Å². The predicted octanol–water partition coefficient (Wildman–Crippen LogP) is 13.4. The first-order valence-electron chi connectivity index (χ1n) is 22.9. The van der Waals surface area contributed by atoms with Gasteiger partial charge in [-0.15, -0.1) is 0 Å². The third-order valence-electron chi connectivity index (χ3n) is 9.31. The van der Waals surface area contributed by atoms with Crippen molar-refractivity contribution in [3.63, 3.8) is 0 Å². The highest BCUT2D eigenvalue weighted by Gasteiger charge is 2.26. The quantitative estimate of drug-likeness (QED) is 0.0267. The average molecular weight is 834 g/mol. The van der Waals surface area contributed by atoms with E-state index in [2.05, 4.69) is 86.8 Å². The number of hydrogen-bond acceptors (Lipinski definition) is 8. The van der Waals surface area contributed by atoms with Crippen molar-refractivity contribution in [3.8, 4) is 0 Å². The van der Waals surface area contributed by atoms with E-state index in [-0.39, 0.29) is 32.6 Å². The van der Waals surface area contributed by atoms with Crippen LogP contribution < -0.4 is 5.73 Å². The second kappa shape index (κ2) is 44.0. The Morgan fingerprint density at radius 1 is 0.534 bits per heavy atom. The molecule has 0 saturated heterocycles. The molecular formula is C48H84NO8P. The van der Waals surface area contributed by atoms with Crippen LogP contribution in [0.25, 0.3) is 0 Å². The maximum atomic E-state index is 12.6. The number of phosphoric ester groups is 1. The van der Waals surface area contributed by atoms with Crippen molar-refractivity contribution >= 4 is 19.8 Å². The van der Waals surface area contributed by atoms with Crippen molar-refractivity contribution in [3.05, 3.63) is 72.9 Å².